The minimum absolute atomic E-state index is 0.0282. The molecule has 7 heteroatoms. The number of aromatic hydroxyl groups is 1. The van der Waals surface area contributed by atoms with Crippen LogP contribution in [0.5, 0.6) is 17.2 Å². The smallest absolute Gasteiger partial charge is 0.501 e. The predicted octanol–water partition coefficient (Wildman–Crippen LogP) is -0.0906. The van der Waals surface area contributed by atoms with E-state index in [2.05, 4.69) is 8.37 Å². The molecule has 0 atom stereocenters. The Kier molecular flexibility index (Phi) is 2.20. The molecular formula is C8H9NO5S. The van der Waals surface area contributed by atoms with Gasteiger partial charge in [0.2, 0.25) is 5.75 Å². The van der Waals surface area contributed by atoms with Crippen LogP contribution in [0.1, 0.15) is 5.56 Å². The lowest BCUT2D eigenvalue weighted by Gasteiger charge is -2.02. The van der Waals surface area contributed by atoms with E-state index in [1.807, 2.05) is 0 Å². The molecular weight excluding hydrogens is 222 g/mol. The SMILES string of the molecule is NCCc1ccc(O)c2c1OS(=O)(=O)O2. The first-order valence-electron chi connectivity index (χ1n) is 4.22. The van der Waals surface area contributed by atoms with Crippen molar-refractivity contribution >= 4 is 10.4 Å². The molecule has 1 aromatic carbocycles. The van der Waals surface area contributed by atoms with Crippen molar-refractivity contribution in [2.75, 3.05) is 6.54 Å². The Balaban J connectivity index is 2.54. The van der Waals surface area contributed by atoms with Gasteiger partial charge in [0.15, 0.2) is 11.5 Å². The summed E-state index contributed by atoms with van der Waals surface area (Å²) in [5, 5.41) is 9.36. The first kappa shape index (κ1) is 10.1. The van der Waals surface area contributed by atoms with E-state index in [1.54, 1.807) is 6.07 Å². The van der Waals surface area contributed by atoms with E-state index in [1.165, 1.54) is 6.07 Å². The van der Waals surface area contributed by atoms with Crippen LogP contribution in [0.2, 0.25) is 0 Å². The van der Waals surface area contributed by atoms with Crippen molar-refractivity contribution in [2.24, 2.45) is 5.73 Å². The van der Waals surface area contributed by atoms with E-state index in [0.29, 0.717) is 18.5 Å². The molecule has 0 saturated carbocycles. The molecule has 1 aliphatic heterocycles. The molecule has 0 radical (unpaired) electrons. The number of phenols is 1. The summed E-state index contributed by atoms with van der Waals surface area (Å²) in [4.78, 5) is 0. The lowest BCUT2D eigenvalue weighted by molar-refractivity contribution is 0.419. The van der Waals surface area contributed by atoms with E-state index in [-0.39, 0.29) is 17.2 Å². The minimum Gasteiger partial charge on any atom is -0.504 e. The van der Waals surface area contributed by atoms with Crippen LogP contribution in [0.3, 0.4) is 0 Å². The summed E-state index contributed by atoms with van der Waals surface area (Å²) < 4.78 is 31.1. The number of benzene rings is 1. The second-order valence-corrected chi connectivity index (χ2v) is 4.17. The zero-order valence-electron chi connectivity index (χ0n) is 7.63. The second kappa shape index (κ2) is 3.28. The molecule has 82 valence electrons. The Labute approximate surface area is 86.6 Å². The Bertz CT molecular complexity index is 496. The van der Waals surface area contributed by atoms with Gasteiger partial charge in [0, 0.05) is 5.56 Å². The fourth-order valence-corrected chi connectivity index (χ4v) is 2.12. The van der Waals surface area contributed by atoms with Crippen LogP contribution in [0.25, 0.3) is 0 Å². The van der Waals surface area contributed by atoms with Crippen LogP contribution in [0.15, 0.2) is 12.1 Å². The van der Waals surface area contributed by atoms with Gasteiger partial charge in [-0.1, -0.05) is 6.07 Å². The lowest BCUT2D eigenvalue weighted by atomic mass is 10.1. The highest BCUT2D eigenvalue weighted by molar-refractivity contribution is 7.82. The normalized spacial score (nSPS) is 16.6. The van der Waals surface area contributed by atoms with Gasteiger partial charge in [0.1, 0.15) is 0 Å². The van der Waals surface area contributed by atoms with Crippen LogP contribution in [0.4, 0.5) is 0 Å². The van der Waals surface area contributed by atoms with Crippen LogP contribution in [-0.4, -0.2) is 20.1 Å². The van der Waals surface area contributed by atoms with Gasteiger partial charge in [0.05, 0.1) is 0 Å². The topological polar surface area (TPSA) is 98.9 Å². The van der Waals surface area contributed by atoms with Crippen molar-refractivity contribution in [1.29, 1.82) is 0 Å². The van der Waals surface area contributed by atoms with Gasteiger partial charge in [-0.3, -0.25) is 0 Å². The van der Waals surface area contributed by atoms with Crippen molar-refractivity contribution in [3.05, 3.63) is 17.7 Å². The average Bonchev–Trinajstić information content (AvgIpc) is 2.47. The van der Waals surface area contributed by atoms with E-state index in [0.717, 1.165) is 0 Å². The fourth-order valence-electron chi connectivity index (χ4n) is 1.34. The average molecular weight is 231 g/mol. The quantitative estimate of drug-likeness (QED) is 0.738. The van der Waals surface area contributed by atoms with Crippen molar-refractivity contribution in [2.45, 2.75) is 6.42 Å². The van der Waals surface area contributed by atoms with Gasteiger partial charge in [-0.2, -0.15) is 0 Å². The van der Waals surface area contributed by atoms with E-state index < -0.39 is 10.4 Å². The third-order valence-corrected chi connectivity index (χ3v) is 2.70. The van der Waals surface area contributed by atoms with Crippen molar-refractivity contribution < 1.29 is 21.9 Å². The molecule has 0 amide bonds. The van der Waals surface area contributed by atoms with E-state index in [9.17, 15) is 13.5 Å². The van der Waals surface area contributed by atoms with Crippen molar-refractivity contribution in [3.63, 3.8) is 0 Å². The minimum atomic E-state index is -4.07. The highest BCUT2D eigenvalue weighted by Crippen LogP contribution is 2.45. The summed E-state index contributed by atoms with van der Waals surface area (Å²) in [5.41, 5.74) is 5.94. The first-order valence-corrected chi connectivity index (χ1v) is 5.55. The van der Waals surface area contributed by atoms with E-state index in [4.69, 9.17) is 5.73 Å². The summed E-state index contributed by atoms with van der Waals surface area (Å²) in [6.07, 6.45) is 0.446. The van der Waals surface area contributed by atoms with Crippen molar-refractivity contribution in [3.8, 4) is 17.2 Å². The van der Waals surface area contributed by atoms with Crippen molar-refractivity contribution in [1.82, 2.24) is 0 Å². The van der Waals surface area contributed by atoms with E-state index >= 15 is 0 Å². The number of phenolic OH excluding ortho intramolecular Hbond substituents is 1. The van der Waals surface area contributed by atoms with Crippen LogP contribution in [-0.2, 0) is 16.8 Å². The summed E-state index contributed by atoms with van der Waals surface area (Å²) >= 11 is 0. The monoisotopic (exact) mass is 231 g/mol. The largest absolute Gasteiger partial charge is 0.504 e. The van der Waals surface area contributed by atoms with Crippen LogP contribution < -0.4 is 14.1 Å². The highest BCUT2D eigenvalue weighted by atomic mass is 32.3. The number of rotatable bonds is 2. The van der Waals surface area contributed by atoms with Crippen LogP contribution in [0, 0.1) is 0 Å². The van der Waals surface area contributed by atoms with Gasteiger partial charge in [-0.05, 0) is 19.0 Å². The predicted molar refractivity (Wildman–Crippen MR) is 51.0 cm³/mol. The molecule has 3 N–H and O–H groups in total. The summed E-state index contributed by atoms with van der Waals surface area (Å²) in [5.74, 6) is -0.409. The molecule has 2 rings (SSSR count). The fraction of sp³-hybridized carbons (Fsp3) is 0.250. The zero-order chi connectivity index (χ0) is 11.1. The van der Waals surface area contributed by atoms with Crippen LogP contribution >= 0.6 is 0 Å². The molecule has 0 spiro atoms. The Morgan fingerprint density at radius 2 is 1.93 bits per heavy atom. The van der Waals surface area contributed by atoms with Gasteiger partial charge >= 0.3 is 10.4 Å². The maximum atomic E-state index is 11.0. The Morgan fingerprint density at radius 3 is 2.60 bits per heavy atom. The molecule has 1 heterocycles. The number of fused-ring (bicyclic) bond motifs is 1. The Morgan fingerprint density at radius 1 is 1.27 bits per heavy atom. The summed E-state index contributed by atoms with van der Waals surface area (Å²) in [6, 6.07) is 2.89. The molecule has 0 unspecified atom stereocenters. The molecule has 1 aromatic rings. The number of hydrogen-bond donors (Lipinski definition) is 2. The van der Waals surface area contributed by atoms with Gasteiger partial charge < -0.3 is 19.2 Å². The first-order chi connectivity index (χ1) is 7.03. The zero-order valence-corrected chi connectivity index (χ0v) is 8.45. The molecule has 0 saturated heterocycles. The third kappa shape index (κ3) is 1.71. The molecule has 15 heavy (non-hydrogen) atoms. The van der Waals surface area contributed by atoms with Gasteiger partial charge in [-0.15, -0.1) is 8.42 Å². The molecule has 0 aromatic heterocycles. The molecule has 0 fully saturated rings. The molecule has 1 aliphatic rings. The van der Waals surface area contributed by atoms with Gasteiger partial charge in [0.25, 0.3) is 0 Å². The van der Waals surface area contributed by atoms with Gasteiger partial charge in [-0.25, -0.2) is 0 Å². The molecule has 0 bridgehead atoms. The highest BCUT2D eigenvalue weighted by Gasteiger charge is 2.33. The lowest BCUT2D eigenvalue weighted by Crippen LogP contribution is -2.09. The number of nitrogens with two attached hydrogens (primary N) is 1. The molecule has 0 aliphatic carbocycles. The standard InChI is InChI=1S/C8H9NO5S/c9-4-3-5-1-2-6(10)8-7(5)13-15(11,12)14-8/h1-2,10H,3-4,9H2. The summed E-state index contributed by atoms with van der Waals surface area (Å²) in [7, 11) is -4.07. The maximum absolute atomic E-state index is 11.0. The second-order valence-electron chi connectivity index (χ2n) is 3.02. The third-order valence-electron chi connectivity index (χ3n) is 1.96. The number of hydrogen-bond acceptors (Lipinski definition) is 6. The Hall–Kier alpha value is -1.47. The molecule has 6 nitrogen and oxygen atoms in total. The summed E-state index contributed by atoms with van der Waals surface area (Å²) in [6.45, 7) is 0.348. The maximum Gasteiger partial charge on any atom is 0.501 e.